The average Bonchev–Trinajstić information content (AvgIpc) is 2.16. The minimum atomic E-state index is 0.408. The van der Waals surface area contributed by atoms with Crippen LogP contribution in [0.25, 0.3) is 0 Å². The highest BCUT2D eigenvalue weighted by molar-refractivity contribution is 4.78. The van der Waals surface area contributed by atoms with E-state index in [4.69, 9.17) is 9.47 Å². The van der Waals surface area contributed by atoms with Crippen LogP contribution in [0.1, 0.15) is 39.5 Å². The van der Waals surface area contributed by atoms with Crippen molar-refractivity contribution in [3.8, 4) is 0 Å². The van der Waals surface area contributed by atoms with E-state index in [-0.39, 0.29) is 0 Å². The highest BCUT2D eigenvalue weighted by Gasteiger charge is 2.23. The number of nitrogens with one attached hydrogen (secondary N) is 1. The summed E-state index contributed by atoms with van der Waals surface area (Å²) in [4.78, 5) is 0. The van der Waals surface area contributed by atoms with E-state index in [1.54, 1.807) is 7.11 Å². The van der Waals surface area contributed by atoms with Gasteiger partial charge in [-0.3, -0.25) is 0 Å². The molecule has 0 radical (unpaired) electrons. The molecule has 0 spiro atoms. The normalized spacial score (nSPS) is 31.8. The maximum atomic E-state index is 5.70. The lowest BCUT2D eigenvalue weighted by Gasteiger charge is -2.32. The zero-order chi connectivity index (χ0) is 11.1. The first kappa shape index (κ1) is 12.9. The molecule has 0 bridgehead atoms. The van der Waals surface area contributed by atoms with Gasteiger partial charge in [0, 0.05) is 19.8 Å². The van der Waals surface area contributed by atoms with Crippen LogP contribution in [0.15, 0.2) is 0 Å². The van der Waals surface area contributed by atoms with Gasteiger partial charge in [0.05, 0.1) is 12.2 Å². The van der Waals surface area contributed by atoms with Gasteiger partial charge in [0.1, 0.15) is 0 Å². The van der Waals surface area contributed by atoms with E-state index >= 15 is 0 Å². The van der Waals surface area contributed by atoms with Crippen molar-refractivity contribution in [2.45, 2.75) is 57.8 Å². The fourth-order valence-electron chi connectivity index (χ4n) is 2.25. The van der Waals surface area contributed by atoms with Gasteiger partial charge in [0.2, 0.25) is 0 Å². The SMILES string of the molecule is COCCCCNC1C[C@@H](C)O[C@@H](C)C1. The molecule has 90 valence electrons. The molecule has 1 rings (SSSR count). The highest BCUT2D eigenvalue weighted by Crippen LogP contribution is 2.18. The summed E-state index contributed by atoms with van der Waals surface area (Å²) in [6, 6.07) is 0.645. The number of ether oxygens (including phenoxy) is 2. The van der Waals surface area contributed by atoms with Gasteiger partial charge in [-0.1, -0.05) is 0 Å². The molecule has 1 fully saturated rings. The number of hydrogen-bond acceptors (Lipinski definition) is 3. The summed E-state index contributed by atoms with van der Waals surface area (Å²) < 4.78 is 10.7. The largest absolute Gasteiger partial charge is 0.385 e. The summed E-state index contributed by atoms with van der Waals surface area (Å²) in [5.41, 5.74) is 0. The summed E-state index contributed by atoms with van der Waals surface area (Å²) >= 11 is 0. The molecule has 0 amide bonds. The molecule has 1 aliphatic heterocycles. The van der Waals surface area contributed by atoms with Crippen molar-refractivity contribution in [3.63, 3.8) is 0 Å². The van der Waals surface area contributed by atoms with E-state index in [9.17, 15) is 0 Å². The Morgan fingerprint density at radius 1 is 1.20 bits per heavy atom. The van der Waals surface area contributed by atoms with Crippen LogP contribution >= 0.6 is 0 Å². The zero-order valence-electron chi connectivity index (χ0n) is 10.3. The number of methoxy groups -OCH3 is 1. The van der Waals surface area contributed by atoms with Crippen molar-refractivity contribution in [1.82, 2.24) is 5.32 Å². The van der Waals surface area contributed by atoms with Crippen molar-refractivity contribution in [3.05, 3.63) is 0 Å². The quantitative estimate of drug-likeness (QED) is 0.687. The zero-order valence-corrected chi connectivity index (χ0v) is 10.3. The molecule has 1 aliphatic rings. The molecule has 0 saturated carbocycles. The minimum Gasteiger partial charge on any atom is -0.385 e. The molecular weight excluding hydrogens is 190 g/mol. The molecule has 0 aliphatic carbocycles. The second-order valence-electron chi connectivity index (χ2n) is 4.58. The van der Waals surface area contributed by atoms with Crippen LogP contribution in [0.5, 0.6) is 0 Å². The number of unbranched alkanes of at least 4 members (excludes halogenated alkanes) is 1. The Hall–Kier alpha value is -0.120. The third-order valence-electron chi connectivity index (χ3n) is 2.91. The first-order valence-corrected chi connectivity index (χ1v) is 6.10. The molecule has 3 heteroatoms. The lowest BCUT2D eigenvalue weighted by atomic mass is 10.00. The van der Waals surface area contributed by atoms with Crippen molar-refractivity contribution in [2.75, 3.05) is 20.3 Å². The standard InChI is InChI=1S/C12H25NO2/c1-10-8-12(9-11(2)15-10)13-6-4-5-7-14-3/h10-13H,4-9H2,1-3H3/t10-,11+,12?. The van der Waals surface area contributed by atoms with Crippen molar-refractivity contribution >= 4 is 0 Å². The van der Waals surface area contributed by atoms with Gasteiger partial charge in [-0.05, 0) is 46.1 Å². The second-order valence-corrected chi connectivity index (χ2v) is 4.58. The van der Waals surface area contributed by atoms with Crippen LogP contribution in [0.2, 0.25) is 0 Å². The van der Waals surface area contributed by atoms with E-state index in [2.05, 4.69) is 19.2 Å². The Labute approximate surface area is 93.5 Å². The van der Waals surface area contributed by atoms with Gasteiger partial charge in [-0.25, -0.2) is 0 Å². The number of rotatable bonds is 6. The first-order chi connectivity index (χ1) is 7.22. The molecule has 3 atom stereocenters. The van der Waals surface area contributed by atoms with E-state index < -0.39 is 0 Å². The lowest BCUT2D eigenvalue weighted by molar-refractivity contribution is -0.0420. The molecular formula is C12H25NO2. The fraction of sp³-hybridized carbons (Fsp3) is 1.00. The predicted octanol–water partition coefficient (Wildman–Crippen LogP) is 1.96. The Balaban J connectivity index is 2.04. The third-order valence-corrected chi connectivity index (χ3v) is 2.91. The van der Waals surface area contributed by atoms with Gasteiger partial charge in [-0.15, -0.1) is 0 Å². The van der Waals surface area contributed by atoms with Gasteiger partial charge in [-0.2, -0.15) is 0 Å². The van der Waals surface area contributed by atoms with Crippen LogP contribution in [-0.2, 0) is 9.47 Å². The topological polar surface area (TPSA) is 30.5 Å². The van der Waals surface area contributed by atoms with Gasteiger partial charge >= 0.3 is 0 Å². The smallest absolute Gasteiger partial charge is 0.0565 e. The van der Waals surface area contributed by atoms with E-state index in [0.717, 1.165) is 32.4 Å². The van der Waals surface area contributed by atoms with Crippen LogP contribution in [0.3, 0.4) is 0 Å². The molecule has 1 unspecified atom stereocenters. The summed E-state index contributed by atoms with van der Waals surface area (Å²) in [7, 11) is 1.76. The Bertz CT molecular complexity index is 154. The molecule has 15 heavy (non-hydrogen) atoms. The van der Waals surface area contributed by atoms with E-state index in [0.29, 0.717) is 18.2 Å². The summed E-state index contributed by atoms with van der Waals surface area (Å²) in [5, 5.41) is 3.61. The molecule has 0 aromatic rings. The van der Waals surface area contributed by atoms with Gasteiger partial charge < -0.3 is 14.8 Å². The molecule has 1 saturated heterocycles. The van der Waals surface area contributed by atoms with E-state index in [1.807, 2.05) is 0 Å². The average molecular weight is 215 g/mol. The van der Waals surface area contributed by atoms with Gasteiger partial charge in [0.15, 0.2) is 0 Å². The lowest BCUT2D eigenvalue weighted by Crippen LogP contribution is -2.41. The van der Waals surface area contributed by atoms with Crippen molar-refractivity contribution in [1.29, 1.82) is 0 Å². The monoisotopic (exact) mass is 215 g/mol. The highest BCUT2D eigenvalue weighted by atomic mass is 16.5. The summed E-state index contributed by atoms with van der Waals surface area (Å²) in [5.74, 6) is 0. The Kier molecular flexibility index (Phi) is 6.22. The Morgan fingerprint density at radius 3 is 2.47 bits per heavy atom. The van der Waals surface area contributed by atoms with Crippen molar-refractivity contribution < 1.29 is 9.47 Å². The minimum absolute atomic E-state index is 0.408. The molecule has 0 aromatic carbocycles. The fourth-order valence-corrected chi connectivity index (χ4v) is 2.25. The maximum absolute atomic E-state index is 5.70. The molecule has 1 heterocycles. The van der Waals surface area contributed by atoms with Crippen LogP contribution < -0.4 is 5.32 Å². The molecule has 3 nitrogen and oxygen atoms in total. The summed E-state index contributed by atoms with van der Waals surface area (Å²) in [6.45, 7) is 6.31. The van der Waals surface area contributed by atoms with Crippen LogP contribution in [0.4, 0.5) is 0 Å². The van der Waals surface area contributed by atoms with Crippen LogP contribution in [0, 0.1) is 0 Å². The molecule has 1 N–H and O–H groups in total. The Morgan fingerprint density at radius 2 is 1.87 bits per heavy atom. The second kappa shape index (κ2) is 7.20. The van der Waals surface area contributed by atoms with Crippen molar-refractivity contribution in [2.24, 2.45) is 0 Å². The predicted molar refractivity (Wildman–Crippen MR) is 62.1 cm³/mol. The van der Waals surface area contributed by atoms with Gasteiger partial charge in [0.25, 0.3) is 0 Å². The van der Waals surface area contributed by atoms with Crippen LogP contribution in [-0.4, -0.2) is 38.5 Å². The number of hydrogen-bond donors (Lipinski definition) is 1. The summed E-state index contributed by atoms with van der Waals surface area (Å²) in [6.07, 6.45) is 5.46. The maximum Gasteiger partial charge on any atom is 0.0565 e. The van der Waals surface area contributed by atoms with E-state index in [1.165, 1.54) is 6.42 Å². The first-order valence-electron chi connectivity index (χ1n) is 6.10. The third kappa shape index (κ3) is 5.50. The molecule has 0 aromatic heterocycles.